The highest BCUT2D eigenvalue weighted by Gasteiger charge is 2.19. The average molecular weight is 419 g/mol. The lowest BCUT2D eigenvalue weighted by Crippen LogP contribution is -2.16. The number of para-hydroxylation sites is 1. The molecule has 0 bridgehead atoms. The molecule has 0 fully saturated rings. The zero-order valence-electron chi connectivity index (χ0n) is 18.9. The molecule has 1 heterocycles. The fourth-order valence-corrected chi connectivity index (χ4v) is 3.74. The molecule has 0 unspecified atom stereocenters. The Bertz CT molecular complexity index is 1110. The van der Waals surface area contributed by atoms with Gasteiger partial charge in [0.1, 0.15) is 0 Å². The molecule has 5 heteroatoms. The molecule has 3 rings (SSSR count). The summed E-state index contributed by atoms with van der Waals surface area (Å²) in [4.78, 5) is 25.5. The molecule has 0 aliphatic heterocycles. The van der Waals surface area contributed by atoms with Crippen molar-refractivity contribution in [3.05, 3.63) is 82.2 Å². The van der Waals surface area contributed by atoms with Crippen molar-refractivity contribution in [1.82, 2.24) is 4.57 Å². The second-order valence-corrected chi connectivity index (χ2v) is 7.85. The van der Waals surface area contributed by atoms with Crippen LogP contribution < -0.4 is 5.32 Å². The van der Waals surface area contributed by atoms with E-state index < -0.39 is 5.97 Å². The second-order valence-electron chi connectivity index (χ2n) is 7.85. The molecule has 162 valence electrons. The van der Waals surface area contributed by atoms with Gasteiger partial charge in [-0.2, -0.15) is 0 Å². The van der Waals surface area contributed by atoms with Crippen molar-refractivity contribution in [3.63, 3.8) is 0 Å². The van der Waals surface area contributed by atoms with Crippen molar-refractivity contribution in [2.24, 2.45) is 0 Å². The number of Topliss-reactive ketones (excluding diaryl/α,β-unsaturated/α-hetero) is 1. The lowest BCUT2D eigenvalue weighted by molar-refractivity contribution is 0.0475. The Labute approximate surface area is 184 Å². The number of carbonyl (C=O) groups excluding carboxylic acids is 2. The molecule has 31 heavy (non-hydrogen) atoms. The summed E-state index contributed by atoms with van der Waals surface area (Å²) in [7, 11) is 0. The number of nitrogens with zero attached hydrogens (tertiary/aromatic N) is 1. The van der Waals surface area contributed by atoms with Crippen molar-refractivity contribution >= 4 is 23.1 Å². The number of rotatable bonds is 8. The fraction of sp³-hybridized carbons (Fsp3) is 0.308. The third-order valence-corrected chi connectivity index (χ3v) is 5.68. The van der Waals surface area contributed by atoms with Crippen LogP contribution in [-0.2, 0) is 11.3 Å². The number of hydrogen-bond acceptors (Lipinski definition) is 4. The van der Waals surface area contributed by atoms with E-state index in [-0.39, 0.29) is 12.4 Å². The minimum Gasteiger partial charge on any atom is -0.454 e. The number of benzene rings is 2. The molecule has 0 radical (unpaired) electrons. The number of hydrogen-bond donors (Lipinski definition) is 1. The Morgan fingerprint density at radius 2 is 1.65 bits per heavy atom. The Balaban J connectivity index is 1.74. The van der Waals surface area contributed by atoms with E-state index in [2.05, 4.69) is 16.8 Å². The zero-order valence-corrected chi connectivity index (χ0v) is 18.9. The number of anilines is 2. The highest BCUT2D eigenvalue weighted by Crippen LogP contribution is 2.26. The Kier molecular flexibility index (Phi) is 6.95. The second kappa shape index (κ2) is 9.65. The lowest BCUT2D eigenvalue weighted by Gasteiger charge is -2.14. The summed E-state index contributed by atoms with van der Waals surface area (Å²) >= 11 is 0. The molecule has 1 aromatic heterocycles. The predicted octanol–water partition coefficient (Wildman–Crippen LogP) is 5.92. The highest BCUT2D eigenvalue weighted by atomic mass is 16.5. The number of nitrogens with one attached hydrogen (secondary N) is 1. The molecular weight excluding hydrogens is 388 g/mol. The first-order valence-corrected chi connectivity index (χ1v) is 10.6. The van der Waals surface area contributed by atoms with Gasteiger partial charge < -0.3 is 14.6 Å². The van der Waals surface area contributed by atoms with Crippen LogP contribution in [0.2, 0.25) is 0 Å². The summed E-state index contributed by atoms with van der Waals surface area (Å²) in [5.41, 5.74) is 6.82. The van der Waals surface area contributed by atoms with Crippen LogP contribution in [0.1, 0.15) is 56.6 Å². The number of aromatic nitrogens is 1. The van der Waals surface area contributed by atoms with E-state index in [0.717, 1.165) is 41.2 Å². The number of esters is 1. The van der Waals surface area contributed by atoms with Crippen LogP contribution in [0.25, 0.3) is 0 Å². The maximum atomic E-state index is 12.8. The molecule has 0 saturated heterocycles. The fourth-order valence-electron chi connectivity index (χ4n) is 3.74. The third-order valence-electron chi connectivity index (χ3n) is 5.68. The van der Waals surface area contributed by atoms with Gasteiger partial charge in [0, 0.05) is 29.2 Å². The summed E-state index contributed by atoms with van der Waals surface area (Å²) in [6, 6.07) is 15.0. The number of ether oxygens (including phenoxy) is 1. The normalized spacial score (nSPS) is 10.7. The van der Waals surface area contributed by atoms with Crippen molar-refractivity contribution in [3.8, 4) is 0 Å². The van der Waals surface area contributed by atoms with E-state index in [1.165, 1.54) is 0 Å². The van der Waals surface area contributed by atoms with Crippen molar-refractivity contribution < 1.29 is 14.3 Å². The molecule has 5 nitrogen and oxygen atoms in total. The van der Waals surface area contributed by atoms with Crippen LogP contribution in [0.5, 0.6) is 0 Å². The SMILES string of the molecule is CCCn1c(C)cc(C(=O)COC(=O)c2ccccc2Nc2cccc(C)c2C)c1C. The van der Waals surface area contributed by atoms with Gasteiger partial charge in [-0.3, -0.25) is 4.79 Å². The van der Waals surface area contributed by atoms with E-state index in [9.17, 15) is 9.59 Å². The summed E-state index contributed by atoms with van der Waals surface area (Å²) in [5, 5.41) is 3.33. The lowest BCUT2D eigenvalue weighted by atomic mass is 10.1. The van der Waals surface area contributed by atoms with Gasteiger partial charge >= 0.3 is 5.97 Å². The van der Waals surface area contributed by atoms with Crippen LogP contribution in [0.4, 0.5) is 11.4 Å². The molecule has 0 aliphatic rings. The quantitative estimate of drug-likeness (QED) is 0.365. The van der Waals surface area contributed by atoms with Gasteiger partial charge in [-0.15, -0.1) is 0 Å². The Morgan fingerprint density at radius 1 is 0.935 bits per heavy atom. The van der Waals surface area contributed by atoms with E-state index in [0.29, 0.717) is 16.8 Å². The third kappa shape index (κ3) is 4.88. The van der Waals surface area contributed by atoms with Gasteiger partial charge in [0.15, 0.2) is 6.61 Å². The minimum absolute atomic E-state index is 0.191. The smallest absolute Gasteiger partial charge is 0.340 e. The monoisotopic (exact) mass is 418 g/mol. The molecular formula is C26H30N2O3. The average Bonchev–Trinajstić information content (AvgIpc) is 3.04. The minimum atomic E-state index is -0.524. The summed E-state index contributed by atoms with van der Waals surface area (Å²) in [5.74, 6) is -0.715. The van der Waals surface area contributed by atoms with Gasteiger partial charge in [0.2, 0.25) is 5.78 Å². The molecule has 1 N–H and O–H groups in total. The highest BCUT2D eigenvalue weighted by molar-refractivity contribution is 6.02. The maximum Gasteiger partial charge on any atom is 0.340 e. The first-order chi connectivity index (χ1) is 14.8. The Morgan fingerprint density at radius 3 is 2.39 bits per heavy atom. The molecule has 0 atom stereocenters. The molecule has 0 amide bonds. The van der Waals surface area contributed by atoms with Crippen LogP contribution in [-0.4, -0.2) is 22.9 Å². The van der Waals surface area contributed by atoms with Crippen LogP contribution >= 0.6 is 0 Å². The summed E-state index contributed by atoms with van der Waals surface area (Å²) < 4.78 is 7.53. The first kappa shape index (κ1) is 22.3. The molecule has 3 aromatic rings. The van der Waals surface area contributed by atoms with Crippen molar-refractivity contribution in [2.45, 2.75) is 47.6 Å². The molecule has 2 aromatic carbocycles. The number of aryl methyl sites for hydroxylation is 2. The largest absolute Gasteiger partial charge is 0.454 e. The van der Waals surface area contributed by atoms with Crippen molar-refractivity contribution in [1.29, 1.82) is 0 Å². The zero-order chi connectivity index (χ0) is 22.5. The number of ketones is 1. The van der Waals surface area contributed by atoms with Crippen LogP contribution in [0.15, 0.2) is 48.5 Å². The topological polar surface area (TPSA) is 60.3 Å². The predicted molar refractivity (Wildman–Crippen MR) is 124 cm³/mol. The van der Waals surface area contributed by atoms with Gasteiger partial charge in [0.25, 0.3) is 0 Å². The maximum absolute atomic E-state index is 12.8. The summed E-state index contributed by atoms with van der Waals surface area (Å²) in [6.07, 6.45) is 0.989. The molecule has 0 saturated carbocycles. The van der Waals surface area contributed by atoms with E-state index in [4.69, 9.17) is 4.74 Å². The first-order valence-electron chi connectivity index (χ1n) is 10.6. The number of carbonyl (C=O) groups is 2. The van der Waals surface area contributed by atoms with Gasteiger partial charge in [-0.25, -0.2) is 4.79 Å². The van der Waals surface area contributed by atoms with Gasteiger partial charge in [-0.1, -0.05) is 31.2 Å². The van der Waals surface area contributed by atoms with Gasteiger partial charge in [0.05, 0.1) is 11.3 Å². The van der Waals surface area contributed by atoms with E-state index >= 15 is 0 Å². The molecule has 0 aliphatic carbocycles. The molecule has 0 spiro atoms. The summed E-state index contributed by atoms with van der Waals surface area (Å²) in [6.45, 7) is 10.7. The van der Waals surface area contributed by atoms with Crippen molar-refractivity contribution in [2.75, 3.05) is 11.9 Å². The van der Waals surface area contributed by atoms with Crippen LogP contribution in [0.3, 0.4) is 0 Å². The van der Waals surface area contributed by atoms with Gasteiger partial charge in [-0.05, 0) is 69.5 Å². The standard InChI is InChI=1S/C26H30N2O3/c1-6-14-28-18(3)15-22(20(28)5)25(29)16-31-26(30)21-11-7-8-12-24(21)27-23-13-9-10-17(2)19(23)4/h7-13,15,27H,6,14,16H2,1-5H3. The van der Waals surface area contributed by atoms with E-state index in [1.807, 2.05) is 64.1 Å². The van der Waals surface area contributed by atoms with Crippen LogP contribution in [0, 0.1) is 27.7 Å². The Hall–Kier alpha value is -3.34. The van der Waals surface area contributed by atoms with E-state index in [1.54, 1.807) is 12.1 Å².